The highest BCUT2D eigenvalue weighted by atomic mass is 32.2. The Morgan fingerprint density at radius 3 is 2.53 bits per heavy atom. The van der Waals surface area contributed by atoms with Crippen molar-refractivity contribution < 1.29 is 8.42 Å². The van der Waals surface area contributed by atoms with Gasteiger partial charge in [0, 0.05) is 24.6 Å². The molecule has 0 radical (unpaired) electrons. The smallest absolute Gasteiger partial charge is 0.238 e. The van der Waals surface area contributed by atoms with Crippen LogP contribution in [0.1, 0.15) is 11.1 Å². The largest absolute Gasteiger partial charge is 0.381 e. The van der Waals surface area contributed by atoms with Gasteiger partial charge in [-0.25, -0.2) is 13.6 Å². The molecule has 5 nitrogen and oxygen atoms in total. The third-order valence-corrected chi connectivity index (χ3v) is 3.79. The average molecular weight is 277 g/mol. The van der Waals surface area contributed by atoms with Gasteiger partial charge in [-0.15, -0.1) is 0 Å². The minimum Gasteiger partial charge on any atom is -0.381 e. The summed E-state index contributed by atoms with van der Waals surface area (Å²) in [7, 11) is -3.69. The van der Waals surface area contributed by atoms with Gasteiger partial charge in [-0.2, -0.15) is 0 Å². The molecule has 0 saturated heterocycles. The number of nitrogens with two attached hydrogens (primary N) is 1. The van der Waals surface area contributed by atoms with Gasteiger partial charge >= 0.3 is 0 Å². The van der Waals surface area contributed by atoms with Crippen LogP contribution in [0, 0.1) is 6.92 Å². The summed E-state index contributed by atoms with van der Waals surface area (Å²) in [6.07, 6.45) is 3.42. The molecule has 0 fully saturated rings. The summed E-state index contributed by atoms with van der Waals surface area (Å²) in [5, 5.41) is 8.32. The molecule has 1 aromatic carbocycles. The Balaban J connectivity index is 2.18. The van der Waals surface area contributed by atoms with E-state index in [0.29, 0.717) is 17.8 Å². The maximum absolute atomic E-state index is 11.4. The van der Waals surface area contributed by atoms with Crippen molar-refractivity contribution in [3.8, 4) is 0 Å². The summed E-state index contributed by atoms with van der Waals surface area (Å²) in [5.74, 6) is 0. The number of nitrogens with one attached hydrogen (secondary N) is 1. The highest BCUT2D eigenvalue weighted by Crippen LogP contribution is 2.19. The lowest BCUT2D eigenvalue weighted by atomic mass is 10.2. The van der Waals surface area contributed by atoms with E-state index in [4.69, 9.17) is 5.14 Å². The molecule has 0 unspecified atom stereocenters. The second kappa shape index (κ2) is 5.38. The molecule has 100 valence electrons. The third-order valence-electron chi connectivity index (χ3n) is 2.74. The van der Waals surface area contributed by atoms with Gasteiger partial charge in [-0.3, -0.25) is 4.98 Å². The van der Waals surface area contributed by atoms with Crippen LogP contribution in [-0.4, -0.2) is 13.4 Å². The molecule has 2 aromatic rings. The van der Waals surface area contributed by atoms with Crippen LogP contribution in [-0.2, 0) is 16.6 Å². The van der Waals surface area contributed by atoms with Crippen LogP contribution >= 0.6 is 0 Å². The molecule has 0 amide bonds. The van der Waals surface area contributed by atoms with Crippen LogP contribution in [0.25, 0.3) is 0 Å². The lowest BCUT2D eigenvalue weighted by Gasteiger charge is -2.09. The second-order valence-electron chi connectivity index (χ2n) is 4.23. The Morgan fingerprint density at radius 1 is 1.21 bits per heavy atom. The monoisotopic (exact) mass is 277 g/mol. The number of primary sulfonamides is 1. The number of aryl methyl sites for hydroxylation is 1. The molecular weight excluding hydrogens is 262 g/mol. The molecule has 1 aromatic heterocycles. The van der Waals surface area contributed by atoms with Gasteiger partial charge in [0.05, 0.1) is 4.90 Å². The van der Waals surface area contributed by atoms with E-state index in [1.807, 2.05) is 18.2 Å². The average Bonchev–Trinajstić information content (AvgIpc) is 2.37. The normalized spacial score (nSPS) is 11.3. The molecule has 6 heteroatoms. The van der Waals surface area contributed by atoms with E-state index in [1.165, 1.54) is 0 Å². The zero-order valence-electron chi connectivity index (χ0n) is 10.5. The van der Waals surface area contributed by atoms with E-state index < -0.39 is 10.0 Å². The predicted molar refractivity (Wildman–Crippen MR) is 74.1 cm³/mol. The summed E-state index contributed by atoms with van der Waals surface area (Å²) < 4.78 is 22.8. The van der Waals surface area contributed by atoms with Crippen molar-refractivity contribution in [3.05, 3.63) is 53.9 Å². The number of sulfonamides is 1. The molecule has 0 spiro atoms. The second-order valence-corrected chi connectivity index (χ2v) is 5.76. The van der Waals surface area contributed by atoms with Gasteiger partial charge in [0.25, 0.3) is 0 Å². The Bertz CT molecular complexity index is 670. The van der Waals surface area contributed by atoms with Crippen LogP contribution in [0.4, 0.5) is 5.69 Å². The quantitative estimate of drug-likeness (QED) is 0.889. The summed E-state index contributed by atoms with van der Waals surface area (Å²) in [6, 6.07) is 8.88. The minimum absolute atomic E-state index is 0.146. The van der Waals surface area contributed by atoms with Crippen LogP contribution in [0.2, 0.25) is 0 Å². The number of aromatic nitrogens is 1. The zero-order valence-corrected chi connectivity index (χ0v) is 11.3. The molecule has 1 heterocycles. The van der Waals surface area contributed by atoms with Crippen LogP contribution in [0.3, 0.4) is 0 Å². The van der Waals surface area contributed by atoms with Gasteiger partial charge in [0.15, 0.2) is 0 Å². The van der Waals surface area contributed by atoms with Crippen molar-refractivity contribution in [2.45, 2.75) is 18.4 Å². The van der Waals surface area contributed by atoms with E-state index in [2.05, 4.69) is 10.3 Å². The van der Waals surface area contributed by atoms with E-state index >= 15 is 0 Å². The first-order chi connectivity index (χ1) is 8.97. The zero-order chi connectivity index (χ0) is 13.9. The number of benzene rings is 1. The molecule has 19 heavy (non-hydrogen) atoms. The topological polar surface area (TPSA) is 85.1 Å². The first-order valence-electron chi connectivity index (χ1n) is 5.73. The number of rotatable bonds is 4. The van der Waals surface area contributed by atoms with E-state index in [-0.39, 0.29) is 4.90 Å². The number of hydrogen-bond acceptors (Lipinski definition) is 4. The van der Waals surface area contributed by atoms with Gasteiger partial charge < -0.3 is 5.32 Å². The van der Waals surface area contributed by atoms with Crippen molar-refractivity contribution in [3.63, 3.8) is 0 Å². The van der Waals surface area contributed by atoms with Crippen LogP contribution < -0.4 is 10.5 Å². The first kappa shape index (κ1) is 13.5. The highest BCUT2D eigenvalue weighted by molar-refractivity contribution is 7.89. The van der Waals surface area contributed by atoms with Crippen molar-refractivity contribution >= 4 is 15.7 Å². The van der Waals surface area contributed by atoms with E-state index in [0.717, 1.165) is 5.56 Å². The van der Waals surface area contributed by atoms with Crippen molar-refractivity contribution in [2.75, 3.05) is 5.32 Å². The fourth-order valence-electron chi connectivity index (χ4n) is 1.72. The van der Waals surface area contributed by atoms with Gasteiger partial charge in [0.1, 0.15) is 0 Å². The lowest BCUT2D eigenvalue weighted by molar-refractivity contribution is 0.597. The lowest BCUT2D eigenvalue weighted by Crippen LogP contribution is -2.14. The number of hydrogen-bond donors (Lipinski definition) is 2. The predicted octanol–water partition coefficient (Wildman–Crippen LogP) is 1.65. The molecule has 0 atom stereocenters. The summed E-state index contributed by atoms with van der Waals surface area (Å²) in [4.78, 5) is 4.08. The van der Waals surface area contributed by atoms with E-state index in [1.54, 1.807) is 31.5 Å². The van der Waals surface area contributed by atoms with Gasteiger partial charge in [-0.05, 0) is 42.3 Å². The summed E-state index contributed by atoms with van der Waals surface area (Å²) >= 11 is 0. The Hall–Kier alpha value is -1.92. The van der Waals surface area contributed by atoms with Crippen LogP contribution in [0.5, 0.6) is 0 Å². The maximum Gasteiger partial charge on any atom is 0.238 e. The standard InChI is InChI=1S/C13H15N3O2S/c1-10-2-3-12(8-13(10)19(14,17)18)16-9-11-4-6-15-7-5-11/h2-8,16H,9H2,1H3,(H2,14,17,18). The summed E-state index contributed by atoms with van der Waals surface area (Å²) in [5.41, 5.74) is 2.41. The Kier molecular flexibility index (Phi) is 3.82. The van der Waals surface area contributed by atoms with Crippen molar-refractivity contribution in [1.29, 1.82) is 0 Å². The Labute approximate surface area is 112 Å². The number of nitrogens with zero attached hydrogens (tertiary/aromatic N) is 1. The minimum atomic E-state index is -3.69. The molecule has 0 aliphatic heterocycles. The fraction of sp³-hybridized carbons (Fsp3) is 0.154. The third kappa shape index (κ3) is 3.52. The fourth-order valence-corrected chi connectivity index (χ4v) is 2.53. The van der Waals surface area contributed by atoms with Crippen molar-refractivity contribution in [2.24, 2.45) is 5.14 Å². The SMILES string of the molecule is Cc1ccc(NCc2ccncc2)cc1S(N)(=O)=O. The molecular formula is C13H15N3O2S. The molecule has 2 rings (SSSR count). The maximum atomic E-state index is 11.4. The van der Waals surface area contributed by atoms with Gasteiger partial charge in [0.2, 0.25) is 10.0 Å². The highest BCUT2D eigenvalue weighted by Gasteiger charge is 2.11. The first-order valence-corrected chi connectivity index (χ1v) is 7.28. The number of anilines is 1. The molecule has 0 bridgehead atoms. The molecule has 0 aliphatic rings. The molecule has 3 N–H and O–H groups in total. The summed E-state index contributed by atoms with van der Waals surface area (Å²) in [6.45, 7) is 2.31. The number of pyridine rings is 1. The van der Waals surface area contributed by atoms with Crippen molar-refractivity contribution in [1.82, 2.24) is 4.98 Å². The molecule has 0 aliphatic carbocycles. The van der Waals surface area contributed by atoms with Gasteiger partial charge in [-0.1, -0.05) is 6.07 Å². The molecule has 0 saturated carbocycles. The Morgan fingerprint density at radius 2 is 1.89 bits per heavy atom. The van der Waals surface area contributed by atoms with Crippen LogP contribution in [0.15, 0.2) is 47.6 Å². The van der Waals surface area contributed by atoms with E-state index in [9.17, 15) is 8.42 Å².